The van der Waals surface area contributed by atoms with E-state index in [1.54, 1.807) is 14.2 Å². The Morgan fingerprint density at radius 3 is 2.79 bits per heavy atom. The summed E-state index contributed by atoms with van der Waals surface area (Å²) in [5.41, 5.74) is 0.802. The third kappa shape index (κ3) is 3.73. The maximum Gasteiger partial charge on any atom is 0.311 e. The maximum atomic E-state index is 11.7. The molecular weight excluding hydrogens is 362 g/mol. The predicted octanol–water partition coefficient (Wildman–Crippen LogP) is 2.62. The number of carbonyl (C=O) groups excluding carboxylic acids is 1. The number of aromatic nitrogens is 2. The highest BCUT2D eigenvalue weighted by molar-refractivity contribution is 5.85. The van der Waals surface area contributed by atoms with Crippen molar-refractivity contribution in [2.45, 2.75) is 6.04 Å². The summed E-state index contributed by atoms with van der Waals surface area (Å²) in [6.07, 6.45) is 2.23. The van der Waals surface area contributed by atoms with E-state index in [0.717, 1.165) is 28.8 Å². The van der Waals surface area contributed by atoms with Crippen LogP contribution in [0.4, 0.5) is 17.3 Å². The fraction of sp³-hybridized carbons (Fsp3) is 0.263. The quantitative estimate of drug-likeness (QED) is 0.362. The van der Waals surface area contributed by atoms with Crippen molar-refractivity contribution >= 4 is 34.5 Å². The topological polar surface area (TPSA) is 105 Å². The molecule has 28 heavy (non-hydrogen) atoms. The summed E-state index contributed by atoms with van der Waals surface area (Å²) in [6, 6.07) is 9.91. The van der Waals surface area contributed by atoms with E-state index in [1.807, 2.05) is 36.2 Å². The molecule has 9 nitrogen and oxygen atoms in total. The first-order valence-electron chi connectivity index (χ1n) is 8.60. The number of fused-ring (bicyclic) bond motifs is 1. The molecule has 0 aliphatic rings. The molecule has 9 heteroatoms. The number of ether oxygens (including phenoxy) is 1. The van der Waals surface area contributed by atoms with Gasteiger partial charge in [0.25, 0.3) is 0 Å². The molecule has 2 aromatic heterocycles. The standard InChI is InChI=1S/C19H21N5O4/c1-22(18-10-13-9-15(28-3)6-7-16(13)21-18)11-14(12-25)23(2)19-17(24(26)27)5-4-8-20-19/h4-10,12,14,21H,11H2,1-3H3. The van der Waals surface area contributed by atoms with E-state index in [-0.39, 0.29) is 11.5 Å². The van der Waals surface area contributed by atoms with Gasteiger partial charge in [-0.2, -0.15) is 0 Å². The van der Waals surface area contributed by atoms with Crippen LogP contribution in [0.5, 0.6) is 5.75 Å². The van der Waals surface area contributed by atoms with Gasteiger partial charge in [0.15, 0.2) is 0 Å². The number of aldehydes is 1. The Morgan fingerprint density at radius 1 is 1.32 bits per heavy atom. The number of pyridine rings is 1. The Hall–Kier alpha value is -3.62. The van der Waals surface area contributed by atoms with Crippen molar-refractivity contribution in [1.82, 2.24) is 9.97 Å². The number of carbonyl (C=O) groups is 1. The monoisotopic (exact) mass is 383 g/mol. The smallest absolute Gasteiger partial charge is 0.311 e. The van der Waals surface area contributed by atoms with Gasteiger partial charge in [0.2, 0.25) is 5.82 Å². The van der Waals surface area contributed by atoms with Crippen molar-refractivity contribution in [2.75, 3.05) is 37.5 Å². The third-order valence-corrected chi connectivity index (χ3v) is 4.64. The molecule has 0 saturated carbocycles. The average molecular weight is 383 g/mol. The number of hydrogen-bond acceptors (Lipinski definition) is 7. The van der Waals surface area contributed by atoms with Crippen LogP contribution in [0.25, 0.3) is 10.9 Å². The van der Waals surface area contributed by atoms with Crippen LogP contribution in [0, 0.1) is 10.1 Å². The number of likely N-dealkylation sites (N-methyl/N-ethyl adjacent to an activating group) is 2. The first-order chi connectivity index (χ1) is 13.4. The zero-order valence-electron chi connectivity index (χ0n) is 15.8. The summed E-state index contributed by atoms with van der Waals surface area (Å²) in [5.74, 6) is 1.73. The minimum atomic E-state index is -0.625. The second-order valence-electron chi connectivity index (χ2n) is 6.41. The number of nitrogens with zero attached hydrogens (tertiary/aromatic N) is 4. The Labute approximate surface area is 161 Å². The lowest BCUT2D eigenvalue weighted by molar-refractivity contribution is -0.384. The lowest BCUT2D eigenvalue weighted by Gasteiger charge is -2.28. The van der Waals surface area contributed by atoms with E-state index in [0.29, 0.717) is 6.54 Å². The number of hydrogen-bond donors (Lipinski definition) is 1. The Balaban J connectivity index is 1.82. The second-order valence-corrected chi connectivity index (χ2v) is 6.41. The van der Waals surface area contributed by atoms with Crippen LogP contribution in [0.15, 0.2) is 42.6 Å². The lowest BCUT2D eigenvalue weighted by Crippen LogP contribution is -2.43. The number of H-pyrrole nitrogens is 1. The molecule has 0 fully saturated rings. The van der Waals surface area contributed by atoms with E-state index < -0.39 is 11.0 Å². The molecule has 0 spiro atoms. The van der Waals surface area contributed by atoms with Gasteiger partial charge in [0.1, 0.15) is 23.9 Å². The molecule has 3 rings (SSSR count). The van der Waals surface area contributed by atoms with Crippen LogP contribution in [0.2, 0.25) is 0 Å². The molecule has 3 aromatic rings. The fourth-order valence-electron chi connectivity index (χ4n) is 3.02. The molecule has 0 bridgehead atoms. The van der Waals surface area contributed by atoms with Crippen molar-refractivity contribution in [3.8, 4) is 5.75 Å². The molecule has 0 aliphatic heterocycles. The molecule has 1 unspecified atom stereocenters. The molecule has 2 heterocycles. The van der Waals surface area contributed by atoms with Gasteiger partial charge in [0, 0.05) is 43.8 Å². The van der Waals surface area contributed by atoms with Crippen LogP contribution in [0.1, 0.15) is 0 Å². The lowest BCUT2D eigenvalue weighted by atomic mass is 10.2. The molecule has 0 radical (unpaired) electrons. The maximum absolute atomic E-state index is 11.7. The molecular formula is C19H21N5O4. The average Bonchev–Trinajstić information content (AvgIpc) is 3.14. The van der Waals surface area contributed by atoms with Gasteiger partial charge >= 0.3 is 5.69 Å². The molecule has 0 amide bonds. The zero-order chi connectivity index (χ0) is 20.3. The minimum Gasteiger partial charge on any atom is -0.497 e. The van der Waals surface area contributed by atoms with Gasteiger partial charge in [-0.1, -0.05) is 0 Å². The molecule has 146 valence electrons. The Bertz CT molecular complexity index is 1000. The van der Waals surface area contributed by atoms with E-state index >= 15 is 0 Å². The third-order valence-electron chi connectivity index (χ3n) is 4.64. The normalized spacial score (nSPS) is 11.8. The summed E-state index contributed by atoms with van der Waals surface area (Å²) in [7, 11) is 5.08. The number of nitrogens with one attached hydrogen (secondary N) is 1. The van der Waals surface area contributed by atoms with Crippen molar-refractivity contribution < 1.29 is 14.5 Å². The summed E-state index contributed by atoms with van der Waals surface area (Å²) < 4.78 is 5.24. The number of aromatic amines is 1. The molecule has 1 aromatic carbocycles. The van der Waals surface area contributed by atoms with Crippen LogP contribution < -0.4 is 14.5 Å². The summed E-state index contributed by atoms with van der Waals surface area (Å²) in [4.78, 5) is 33.3. The zero-order valence-corrected chi connectivity index (χ0v) is 15.8. The Kier molecular flexibility index (Phi) is 5.44. The minimum absolute atomic E-state index is 0.141. The second kappa shape index (κ2) is 7.95. The fourth-order valence-corrected chi connectivity index (χ4v) is 3.02. The molecule has 1 N–H and O–H groups in total. The SMILES string of the molecule is COc1ccc2[nH]c(N(C)CC(C=O)N(C)c3ncccc3[N+](=O)[O-])cc2c1. The highest BCUT2D eigenvalue weighted by Crippen LogP contribution is 2.27. The summed E-state index contributed by atoms with van der Waals surface area (Å²) >= 11 is 0. The van der Waals surface area contributed by atoms with Gasteiger partial charge in [-0.25, -0.2) is 4.98 Å². The van der Waals surface area contributed by atoms with Gasteiger partial charge in [-0.3, -0.25) is 10.1 Å². The number of nitro groups is 1. The summed E-state index contributed by atoms with van der Waals surface area (Å²) in [6.45, 7) is 0.317. The van der Waals surface area contributed by atoms with Gasteiger partial charge in [0.05, 0.1) is 12.0 Å². The van der Waals surface area contributed by atoms with Crippen LogP contribution in [0.3, 0.4) is 0 Å². The first-order valence-corrected chi connectivity index (χ1v) is 8.60. The summed E-state index contributed by atoms with van der Waals surface area (Å²) in [5, 5.41) is 12.2. The van der Waals surface area contributed by atoms with Gasteiger partial charge in [-0.15, -0.1) is 0 Å². The van der Waals surface area contributed by atoms with Crippen molar-refractivity contribution in [1.29, 1.82) is 0 Å². The van der Waals surface area contributed by atoms with Crippen molar-refractivity contribution in [3.63, 3.8) is 0 Å². The van der Waals surface area contributed by atoms with Gasteiger partial charge < -0.3 is 24.3 Å². The first kappa shape index (κ1) is 19.2. The predicted molar refractivity (Wildman–Crippen MR) is 107 cm³/mol. The number of benzene rings is 1. The van der Waals surface area contributed by atoms with E-state index in [2.05, 4.69) is 9.97 Å². The van der Waals surface area contributed by atoms with Crippen molar-refractivity contribution in [3.05, 3.63) is 52.7 Å². The number of anilines is 2. The molecule has 0 aliphatic carbocycles. The molecule has 0 saturated heterocycles. The van der Waals surface area contributed by atoms with Gasteiger partial charge in [-0.05, 0) is 30.3 Å². The van der Waals surface area contributed by atoms with E-state index in [4.69, 9.17) is 4.74 Å². The van der Waals surface area contributed by atoms with E-state index in [9.17, 15) is 14.9 Å². The van der Waals surface area contributed by atoms with Crippen LogP contribution in [-0.4, -0.2) is 55.0 Å². The van der Waals surface area contributed by atoms with Crippen LogP contribution >= 0.6 is 0 Å². The number of rotatable bonds is 8. The van der Waals surface area contributed by atoms with E-state index in [1.165, 1.54) is 23.2 Å². The molecule has 1 atom stereocenters. The van der Waals surface area contributed by atoms with Crippen molar-refractivity contribution in [2.24, 2.45) is 0 Å². The largest absolute Gasteiger partial charge is 0.497 e. The number of methoxy groups -OCH3 is 1. The highest BCUT2D eigenvalue weighted by atomic mass is 16.6. The van der Waals surface area contributed by atoms with Crippen LogP contribution in [-0.2, 0) is 4.79 Å². The Morgan fingerprint density at radius 2 is 2.11 bits per heavy atom. The highest BCUT2D eigenvalue weighted by Gasteiger charge is 2.25.